The summed E-state index contributed by atoms with van der Waals surface area (Å²) < 4.78 is 44.8. The second-order valence-electron chi connectivity index (χ2n) is 4.03. The van der Waals surface area contributed by atoms with Crippen LogP contribution < -0.4 is 5.73 Å². The highest BCUT2D eigenvalue weighted by atomic mass is 19.4. The van der Waals surface area contributed by atoms with Crippen LogP contribution in [0.1, 0.15) is 16.1 Å². The first-order chi connectivity index (χ1) is 9.34. The lowest BCUT2D eigenvalue weighted by atomic mass is 10.1. The Hall–Kier alpha value is -2.44. The molecule has 0 aliphatic carbocycles. The normalized spacial score (nSPS) is 11.4. The van der Waals surface area contributed by atoms with E-state index in [0.29, 0.717) is 0 Å². The van der Waals surface area contributed by atoms with Crippen LogP contribution in [0, 0.1) is 0 Å². The molecule has 2 aromatic rings. The van der Waals surface area contributed by atoms with Crippen molar-refractivity contribution in [3.63, 3.8) is 0 Å². The van der Waals surface area contributed by atoms with Crippen LogP contribution >= 0.6 is 0 Å². The zero-order valence-electron chi connectivity index (χ0n) is 10.4. The molecule has 0 radical (unpaired) electrons. The minimum absolute atomic E-state index is 0.00257. The molecule has 0 bridgehead atoms. The van der Waals surface area contributed by atoms with Crippen LogP contribution in [0.5, 0.6) is 0 Å². The van der Waals surface area contributed by atoms with Crippen LogP contribution in [0.3, 0.4) is 0 Å². The Labute approximate surface area is 112 Å². The number of halogens is 3. The molecule has 0 saturated carbocycles. The monoisotopic (exact) mass is 284 g/mol. The molecule has 1 aromatic heterocycles. The Bertz CT molecular complexity index is 647. The van der Waals surface area contributed by atoms with Crippen molar-refractivity contribution in [3.8, 4) is 5.69 Å². The molecule has 0 unspecified atom stereocenters. The van der Waals surface area contributed by atoms with Crippen molar-refractivity contribution in [3.05, 3.63) is 47.8 Å². The van der Waals surface area contributed by atoms with Gasteiger partial charge in [0.1, 0.15) is 5.69 Å². The lowest BCUT2D eigenvalue weighted by Crippen LogP contribution is -2.15. The average molecular weight is 284 g/mol. The number of anilines is 1. The van der Waals surface area contributed by atoms with Crippen LogP contribution in [0.4, 0.5) is 18.9 Å². The maximum absolute atomic E-state index is 13.0. The molecule has 0 spiro atoms. The molecule has 0 aliphatic heterocycles. The van der Waals surface area contributed by atoms with E-state index in [1.54, 1.807) is 0 Å². The van der Waals surface area contributed by atoms with Gasteiger partial charge in [-0.3, -0.25) is 0 Å². The highest BCUT2D eigenvalue weighted by Crippen LogP contribution is 2.35. The lowest BCUT2D eigenvalue weighted by Gasteiger charge is -2.16. The number of carbonyl (C=O) groups is 1. The number of hydrogen-bond donors (Lipinski definition) is 1. The SMILES string of the molecule is COC(=O)c1cccn1-c1ccc(N)cc1C(F)(F)F. The molecule has 0 aliphatic rings. The Morgan fingerprint density at radius 3 is 2.60 bits per heavy atom. The molecule has 106 valence electrons. The second-order valence-corrected chi connectivity index (χ2v) is 4.03. The van der Waals surface area contributed by atoms with E-state index >= 15 is 0 Å². The zero-order valence-corrected chi connectivity index (χ0v) is 10.4. The van der Waals surface area contributed by atoms with E-state index in [1.165, 1.54) is 30.5 Å². The fraction of sp³-hybridized carbons (Fsp3) is 0.154. The van der Waals surface area contributed by atoms with Crippen LogP contribution in [-0.4, -0.2) is 17.6 Å². The summed E-state index contributed by atoms with van der Waals surface area (Å²) in [5, 5.41) is 0. The maximum atomic E-state index is 13.0. The maximum Gasteiger partial charge on any atom is 0.418 e. The third-order valence-corrected chi connectivity index (χ3v) is 2.73. The summed E-state index contributed by atoms with van der Waals surface area (Å²) in [6, 6.07) is 6.22. The molecule has 0 amide bonds. The molecule has 2 rings (SSSR count). The molecule has 2 N–H and O–H groups in total. The number of carbonyl (C=O) groups excluding carboxylic acids is 1. The van der Waals surface area contributed by atoms with Gasteiger partial charge in [-0.05, 0) is 30.3 Å². The van der Waals surface area contributed by atoms with Crippen LogP contribution in [-0.2, 0) is 10.9 Å². The molecule has 0 fully saturated rings. The van der Waals surface area contributed by atoms with Gasteiger partial charge in [0, 0.05) is 11.9 Å². The van der Waals surface area contributed by atoms with Crippen LogP contribution in [0.15, 0.2) is 36.5 Å². The number of nitrogen functional groups attached to an aromatic ring is 1. The van der Waals surface area contributed by atoms with Crippen molar-refractivity contribution in [1.29, 1.82) is 0 Å². The summed E-state index contributed by atoms with van der Waals surface area (Å²) in [4.78, 5) is 11.5. The molecule has 4 nitrogen and oxygen atoms in total. The van der Waals surface area contributed by atoms with Gasteiger partial charge in [0.05, 0.1) is 18.4 Å². The fourth-order valence-electron chi connectivity index (χ4n) is 1.85. The predicted molar refractivity (Wildman–Crippen MR) is 66.5 cm³/mol. The van der Waals surface area contributed by atoms with Gasteiger partial charge in [-0.15, -0.1) is 0 Å². The topological polar surface area (TPSA) is 57.2 Å². The van der Waals surface area contributed by atoms with Gasteiger partial charge in [-0.2, -0.15) is 13.2 Å². The molecule has 7 heteroatoms. The van der Waals surface area contributed by atoms with Gasteiger partial charge >= 0.3 is 12.1 Å². The number of aromatic nitrogens is 1. The summed E-state index contributed by atoms with van der Waals surface area (Å²) in [6.45, 7) is 0. The summed E-state index contributed by atoms with van der Waals surface area (Å²) in [5.41, 5.74) is 4.30. The van der Waals surface area contributed by atoms with Gasteiger partial charge in [-0.25, -0.2) is 4.79 Å². The number of esters is 1. The number of benzene rings is 1. The fourth-order valence-corrected chi connectivity index (χ4v) is 1.85. The third-order valence-electron chi connectivity index (χ3n) is 2.73. The van der Waals surface area contributed by atoms with Crippen molar-refractivity contribution in [2.75, 3.05) is 12.8 Å². The molecular formula is C13H11F3N2O2. The van der Waals surface area contributed by atoms with Gasteiger partial charge in [0.2, 0.25) is 0 Å². The minimum Gasteiger partial charge on any atom is -0.464 e. The van der Waals surface area contributed by atoms with E-state index in [-0.39, 0.29) is 17.1 Å². The number of ether oxygens (including phenoxy) is 1. The van der Waals surface area contributed by atoms with E-state index in [2.05, 4.69) is 4.74 Å². The van der Waals surface area contributed by atoms with E-state index in [9.17, 15) is 18.0 Å². The third kappa shape index (κ3) is 2.47. The van der Waals surface area contributed by atoms with E-state index in [0.717, 1.165) is 17.7 Å². The molecule has 1 heterocycles. The van der Waals surface area contributed by atoms with E-state index < -0.39 is 17.7 Å². The quantitative estimate of drug-likeness (QED) is 0.681. The Morgan fingerprint density at radius 2 is 2.00 bits per heavy atom. The summed E-state index contributed by atoms with van der Waals surface area (Å²) >= 11 is 0. The van der Waals surface area contributed by atoms with Gasteiger partial charge in [-0.1, -0.05) is 0 Å². The molecule has 0 atom stereocenters. The number of rotatable bonds is 2. The number of hydrogen-bond acceptors (Lipinski definition) is 3. The Morgan fingerprint density at radius 1 is 1.30 bits per heavy atom. The van der Waals surface area contributed by atoms with Crippen molar-refractivity contribution in [2.45, 2.75) is 6.18 Å². The van der Waals surface area contributed by atoms with Crippen molar-refractivity contribution in [1.82, 2.24) is 4.57 Å². The molecule has 0 saturated heterocycles. The first-order valence-corrected chi connectivity index (χ1v) is 5.57. The number of alkyl halides is 3. The Kier molecular flexibility index (Phi) is 3.44. The van der Waals surface area contributed by atoms with Crippen LogP contribution in [0.25, 0.3) is 5.69 Å². The Balaban J connectivity index is 2.65. The van der Waals surface area contributed by atoms with Crippen LogP contribution in [0.2, 0.25) is 0 Å². The first-order valence-electron chi connectivity index (χ1n) is 5.57. The lowest BCUT2D eigenvalue weighted by molar-refractivity contribution is -0.137. The number of methoxy groups -OCH3 is 1. The molecular weight excluding hydrogens is 273 g/mol. The predicted octanol–water partition coefficient (Wildman–Crippen LogP) is 2.86. The number of nitrogens with zero attached hydrogens (tertiary/aromatic N) is 1. The highest BCUT2D eigenvalue weighted by Gasteiger charge is 2.34. The summed E-state index contributed by atoms with van der Waals surface area (Å²) in [7, 11) is 1.16. The zero-order chi connectivity index (χ0) is 14.9. The van der Waals surface area contributed by atoms with Gasteiger partial charge < -0.3 is 15.0 Å². The number of nitrogens with two attached hydrogens (primary N) is 1. The standard InChI is InChI=1S/C13H11F3N2O2/c1-20-12(19)11-3-2-6-18(11)10-5-4-8(17)7-9(10)13(14,15)16/h2-7H,17H2,1H3. The average Bonchev–Trinajstić information content (AvgIpc) is 2.85. The molecule has 1 aromatic carbocycles. The minimum atomic E-state index is -4.58. The van der Waals surface area contributed by atoms with Gasteiger partial charge in [0.25, 0.3) is 0 Å². The smallest absolute Gasteiger partial charge is 0.418 e. The second kappa shape index (κ2) is 4.92. The van der Waals surface area contributed by atoms with E-state index in [4.69, 9.17) is 5.73 Å². The van der Waals surface area contributed by atoms with Crippen molar-refractivity contribution < 1.29 is 22.7 Å². The van der Waals surface area contributed by atoms with Gasteiger partial charge in [0.15, 0.2) is 0 Å². The largest absolute Gasteiger partial charge is 0.464 e. The summed E-state index contributed by atoms with van der Waals surface area (Å²) in [5.74, 6) is -0.722. The summed E-state index contributed by atoms with van der Waals surface area (Å²) in [6.07, 6.45) is -3.23. The highest BCUT2D eigenvalue weighted by molar-refractivity contribution is 5.88. The molecule has 20 heavy (non-hydrogen) atoms. The van der Waals surface area contributed by atoms with E-state index in [1.807, 2.05) is 0 Å². The van der Waals surface area contributed by atoms with Crippen molar-refractivity contribution >= 4 is 11.7 Å². The first kappa shape index (κ1) is 14.0. The van der Waals surface area contributed by atoms with Crippen molar-refractivity contribution in [2.24, 2.45) is 0 Å².